The number of ether oxygens (including phenoxy) is 1. The monoisotopic (exact) mass is 273 g/mol. The Morgan fingerprint density at radius 1 is 1.39 bits per heavy atom. The van der Waals surface area contributed by atoms with E-state index >= 15 is 0 Å². The molecule has 1 aliphatic carbocycles. The molecule has 0 bridgehead atoms. The molecule has 0 aromatic rings. The molecule has 0 saturated heterocycles. The largest absolute Gasteiger partial charge is 0.465 e. The van der Waals surface area contributed by atoms with Gasteiger partial charge in [-0.25, -0.2) is 0 Å². The van der Waals surface area contributed by atoms with Crippen molar-refractivity contribution in [3.63, 3.8) is 0 Å². The zero-order valence-electron chi connectivity index (χ0n) is 11.9. The van der Waals surface area contributed by atoms with E-state index in [-0.39, 0.29) is 12.0 Å². The topological polar surface area (TPSA) is 38.3 Å². The average Bonchev–Trinajstić information content (AvgIpc) is 2.80. The lowest BCUT2D eigenvalue weighted by Gasteiger charge is -2.20. The molecule has 1 aliphatic rings. The van der Waals surface area contributed by atoms with Crippen LogP contribution in [-0.2, 0) is 9.53 Å². The van der Waals surface area contributed by atoms with E-state index in [4.69, 9.17) is 4.74 Å². The van der Waals surface area contributed by atoms with Crippen molar-refractivity contribution < 1.29 is 9.53 Å². The van der Waals surface area contributed by atoms with Crippen LogP contribution in [0.1, 0.15) is 52.9 Å². The molecule has 0 radical (unpaired) electrons. The van der Waals surface area contributed by atoms with Crippen molar-refractivity contribution in [1.29, 1.82) is 0 Å². The van der Waals surface area contributed by atoms with E-state index < -0.39 is 0 Å². The molecular formula is C14H27NO2S. The quantitative estimate of drug-likeness (QED) is 0.690. The minimum Gasteiger partial charge on any atom is -0.465 e. The molecule has 4 heteroatoms. The molecule has 1 atom stereocenters. The summed E-state index contributed by atoms with van der Waals surface area (Å²) in [5.74, 6) is 0.951. The summed E-state index contributed by atoms with van der Waals surface area (Å²) in [7, 11) is 0. The smallest absolute Gasteiger partial charge is 0.323 e. The Bertz CT molecular complexity index is 240. The molecule has 0 spiro atoms. The van der Waals surface area contributed by atoms with Gasteiger partial charge in [-0.3, -0.25) is 4.79 Å². The van der Waals surface area contributed by atoms with Crippen molar-refractivity contribution in [2.45, 2.75) is 70.2 Å². The van der Waals surface area contributed by atoms with Crippen LogP contribution in [0.3, 0.4) is 0 Å². The fraction of sp³-hybridized carbons (Fsp3) is 0.929. The maximum atomic E-state index is 11.8. The Labute approximate surface area is 115 Å². The van der Waals surface area contributed by atoms with Gasteiger partial charge in [-0.05, 0) is 31.9 Å². The fourth-order valence-corrected chi connectivity index (χ4v) is 3.69. The average molecular weight is 273 g/mol. The zero-order valence-corrected chi connectivity index (χ0v) is 12.7. The second-order valence-corrected chi connectivity index (χ2v) is 6.60. The van der Waals surface area contributed by atoms with Gasteiger partial charge in [0.2, 0.25) is 0 Å². The van der Waals surface area contributed by atoms with Crippen molar-refractivity contribution in [2.24, 2.45) is 0 Å². The van der Waals surface area contributed by atoms with Gasteiger partial charge >= 0.3 is 5.97 Å². The second kappa shape index (κ2) is 8.81. The summed E-state index contributed by atoms with van der Waals surface area (Å²) >= 11 is 2.03. The third-order valence-corrected chi connectivity index (χ3v) is 4.58. The number of rotatable bonds is 8. The normalized spacial score (nSPS) is 18.2. The number of hydrogen-bond acceptors (Lipinski definition) is 4. The van der Waals surface area contributed by atoms with Crippen LogP contribution in [0, 0.1) is 0 Å². The molecule has 0 amide bonds. The van der Waals surface area contributed by atoms with E-state index in [0.717, 1.165) is 17.4 Å². The van der Waals surface area contributed by atoms with Gasteiger partial charge in [0.15, 0.2) is 0 Å². The van der Waals surface area contributed by atoms with Crippen LogP contribution in [0.25, 0.3) is 0 Å². The van der Waals surface area contributed by atoms with Crippen molar-refractivity contribution in [1.82, 2.24) is 5.32 Å². The molecule has 0 aliphatic heterocycles. The van der Waals surface area contributed by atoms with Gasteiger partial charge in [0, 0.05) is 11.3 Å². The van der Waals surface area contributed by atoms with E-state index in [1.54, 1.807) is 0 Å². The van der Waals surface area contributed by atoms with Crippen LogP contribution in [0.15, 0.2) is 0 Å². The number of carbonyl (C=O) groups excluding carboxylic acids is 1. The highest BCUT2D eigenvalue weighted by Gasteiger charge is 2.21. The van der Waals surface area contributed by atoms with Crippen LogP contribution < -0.4 is 5.32 Å². The first kappa shape index (κ1) is 15.8. The van der Waals surface area contributed by atoms with E-state index in [0.29, 0.717) is 12.6 Å². The lowest BCUT2D eigenvalue weighted by molar-refractivity contribution is -0.145. The Kier molecular flexibility index (Phi) is 7.75. The number of esters is 1. The van der Waals surface area contributed by atoms with Crippen LogP contribution in [0.2, 0.25) is 0 Å². The Hall–Kier alpha value is -0.220. The first-order valence-electron chi connectivity index (χ1n) is 7.17. The van der Waals surface area contributed by atoms with Gasteiger partial charge in [-0.2, -0.15) is 11.8 Å². The molecule has 3 nitrogen and oxygen atoms in total. The van der Waals surface area contributed by atoms with Crippen molar-refractivity contribution in [3.8, 4) is 0 Å². The third-order valence-electron chi connectivity index (χ3n) is 3.17. The van der Waals surface area contributed by atoms with E-state index in [1.807, 2.05) is 18.7 Å². The summed E-state index contributed by atoms with van der Waals surface area (Å²) in [5.41, 5.74) is 0. The summed E-state index contributed by atoms with van der Waals surface area (Å²) in [6.45, 7) is 6.45. The summed E-state index contributed by atoms with van der Waals surface area (Å²) in [6.07, 6.45) is 6.34. The van der Waals surface area contributed by atoms with Crippen LogP contribution in [0.4, 0.5) is 0 Å². The zero-order chi connectivity index (χ0) is 13.4. The molecule has 106 valence electrons. The standard InChI is InChI=1S/C14H27NO2S/c1-4-17-14(16)13(15-11(2)3)9-10-18-12-7-5-6-8-12/h11-13,15H,4-10H2,1-3H3. The highest BCUT2D eigenvalue weighted by Crippen LogP contribution is 2.29. The van der Waals surface area contributed by atoms with E-state index in [9.17, 15) is 4.79 Å². The Balaban J connectivity index is 2.27. The summed E-state index contributed by atoms with van der Waals surface area (Å²) in [6, 6.07) is 0.176. The molecule has 1 saturated carbocycles. The lowest BCUT2D eigenvalue weighted by atomic mass is 10.2. The molecule has 0 aromatic heterocycles. The van der Waals surface area contributed by atoms with Gasteiger partial charge in [0.25, 0.3) is 0 Å². The molecule has 1 rings (SSSR count). The summed E-state index contributed by atoms with van der Waals surface area (Å²) in [4.78, 5) is 11.8. The van der Waals surface area contributed by atoms with Crippen molar-refractivity contribution >= 4 is 17.7 Å². The van der Waals surface area contributed by atoms with Gasteiger partial charge in [-0.15, -0.1) is 0 Å². The second-order valence-electron chi connectivity index (χ2n) is 5.19. The van der Waals surface area contributed by atoms with Crippen molar-refractivity contribution in [3.05, 3.63) is 0 Å². The maximum absolute atomic E-state index is 11.8. The first-order chi connectivity index (χ1) is 8.63. The molecule has 0 aromatic carbocycles. The highest BCUT2D eigenvalue weighted by atomic mass is 32.2. The first-order valence-corrected chi connectivity index (χ1v) is 8.22. The van der Waals surface area contributed by atoms with Crippen LogP contribution in [-0.4, -0.2) is 35.7 Å². The lowest BCUT2D eigenvalue weighted by Crippen LogP contribution is -2.42. The Morgan fingerprint density at radius 3 is 2.61 bits per heavy atom. The third kappa shape index (κ3) is 6.10. The predicted molar refractivity (Wildman–Crippen MR) is 78.0 cm³/mol. The number of thioether (sulfide) groups is 1. The minimum atomic E-state index is -0.140. The Morgan fingerprint density at radius 2 is 2.06 bits per heavy atom. The van der Waals surface area contributed by atoms with Crippen LogP contribution >= 0.6 is 11.8 Å². The van der Waals surface area contributed by atoms with E-state index in [1.165, 1.54) is 25.7 Å². The van der Waals surface area contributed by atoms with Crippen LogP contribution in [0.5, 0.6) is 0 Å². The van der Waals surface area contributed by atoms with Gasteiger partial charge in [0.05, 0.1) is 6.61 Å². The summed E-state index contributed by atoms with van der Waals surface area (Å²) in [5, 5.41) is 4.13. The van der Waals surface area contributed by atoms with E-state index in [2.05, 4.69) is 19.2 Å². The SMILES string of the molecule is CCOC(=O)C(CCSC1CCCC1)NC(C)C. The van der Waals surface area contributed by atoms with Gasteiger partial charge < -0.3 is 10.1 Å². The molecule has 18 heavy (non-hydrogen) atoms. The molecule has 1 N–H and O–H groups in total. The molecule has 1 fully saturated rings. The van der Waals surface area contributed by atoms with Crippen molar-refractivity contribution in [2.75, 3.05) is 12.4 Å². The summed E-state index contributed by atoms with van der Waals surface area (Å²) < 4.78 is 5.12. The van der Waals surface area contributed by atoms with Gasteiger partial charge in [0.1, 0.15) is 6.04 Å². The molecular weight excluding hydrogens is 246 g/mol. The predicted octanol–water partition coefficient (Wildman–Crippen LogP) is 2.98. The minimum absolute atomic E-state index is 0.0989. The number of hydrogen-bond donors (Lipinski definition) is 1. The number of nitrogens with one attached hydrogen (secondary N) is 1. The molecule has 1 unspecified atom stereocenters. The molecule has 0 heterocycles. The maximum Gasteiger partial charge on any atom is 0.323 e. The fourth-order valence-electron chi connectivity index (χ4n) is 2.32. The highest BCUT2D eigenvalue weighted by molar-refractivity contribution is 7.99. The number of carbonyl (C=O) groups is 1. The van der Waals surface area contributed by atoms with Gasteiger partial charge in [-0.1, -0.05) is 26.7 Å².